The van der Waals surface area contributed by atoms with Gasteiger partial charge in [0.2, 0.25) is 0 Å². The first-order chi connectivity index (χ1) is 12.3. The van der Waals surface area contributed by atoms with E-state index in [0.29, 0.717) is 6.54 Å². The average Bonchev–Trinajstić information content (AvgIpc) is 3.12. The molecule has 2 aromatic rings. The Balaban J connectivity index is 0.00000243. The molecule has 1 saturated heterocycles. The van der Waals surface area contributed by atoms with E-state index in [1.807, 2.05) is 41.9 Å². The summed E-state index contributed by atoms with van der Waals surface area (Å²) in [7, 11) is 1.82. The maximum Gasteiger partial charge on any atom is 0.194 e. The number of hydrogen-bond acceptors (Lipinski definition) is 4. The van der Waals surface area contributed by atoms with Gasteiger partial charge in [0.25, 0.3) is 0 Å². The van der Waals surface area contributed by atoms with Crippen LogP contribution < -0.4 is 10.1 Å². The third-order valence-corrected chi connectivity index (χ3v) is 4.44. The summed E-state index contributed by atoms with van der Waals surface area (Å²) < 4.78 is 8.09. The van der Waals surface area contributed by atoms with Crippen LogP contribution in [-0.4, -0.2) is 51.9 Å². The zero-order chi connectivity index (χ0) is 17.5. The fourth-order valence-corrected chi connectivity index (χ4v) is 3.05. The highest BCUT2D eigenvalue weighted by Gasteiger charge is 2.22. The number of aryl methyl sites for hydroxylation is 1. The van der Waals surface area contributed by atoms with Crippen LogP contribution in [0.3, 0.4) is 0 Å². The van der Waals surface area contributed by atoms with E-state index in [4.69, 9.17) is 4.74 Å². The molecule has 1 aromatic carbocycles. The molecule has 0 atom stereocenters. The van der Waals surface area contributed by atoms with Crippen LogP contribution in [0.2, 0.25) is 0 Å². The molecule has 8 heteroatoms. The molecule has 0 bridgehead atoms. The van der Waals surface area contributed by atoms with Crippen LogP contribution in [0.1, 0.15) is 25.6 Å². The quantitative estimate of drug-likeness (QED) is 0.414. The molecule has 0 spiro atoms. The minimum absolute atomic E-state index is 0. The molecule has 0 saturated carbocycles. The Morgan fingerprint density at radius 1 is 1.27 bits per heavy atom. The van der Waals surface area contributed by atoms with Gasteiger partial charge in [-0.3, -0.25) is 4.99 Å². The zero-order valence-electron chi connectivity index (χ0n) is 15.3. The van der Waals surface area contributed by atoms with E-state index >= 15 is 0 Å². The van der Waals surface area contributed by atoms with E-state index in [0.717, 1.165) is 50.0 Å². The number of ether oxygens (including phenoxy) is 1. The molecule has 1 fully saturated rings. The molecule has 3 rings (SSSR count). The lowest BCUT2D eigenvalue weighted by atomic mass is 10.1. The number of aromatic nitrogens is 3. The molecule has 7 nitrogen and oxygen atoms in total. The minimum atomic E-state index is 0. The number of aliphatic imine (C=N–C) groups is 1. The Hall–Kier alpha value is -1.84. The number of nitrogens with zero attached hydrogens (tertiary/aromatic N) is 5. The lowest BCUT2D eigenvalue weighted by molar-refractivity contribution is 0.129. The van der Waals surface area contributed by atoms with Gasteiger partial charge in [-0.05, 0) is 19.1 Å². The number of likely N-dealkylation sites (tertiary alicyclic amines) is 1. The molecule has 142 valence electrons. The summed E-state index contributed by atoms with van der Waals surface area (Å²) in [6, 6.07) is 10.0. The van der Waals surface area contributed by atoms with Crippen molar-refractivity contribution in [2.24, 2.45) is 4.99 Å². The normalized spacial score (nSPS) is 15.5. The summed E-state index contributed by atoms with van der Waals surface area (Å²) >= 11 is 0. The van der Waals surface area contributed by atoms with Crippen molar-refractivity contribution >= 4 is 29.9 Å². The standard InChI is InChI=1S/C18H26N6O.HI/c1-3-23-14-21-22-17(23)13-20-18(19-2)24-11-9-16(10-12-24)25-15-7-5-4-6-8-15;/h4-8,14,16H,3,9-13H2,1-2H3,(H,19,20);1H. The summed E-state index contributed by atoms with van der Waals surface area (Å²) in [5.74, 6) is 2.78. The van der Waals surface area contributed by atoms with Crippen LogP contribution in [0.25, 0.3) is 0 Å². The lowest BCUT2D eigenvalue weighted by Crippen LogP contribution is -2.47. The predicted octanol–water partition coefficient (Wildman–Crippen LogP) is 2.53. The molecule has 2 heterocycles. The summed E-state index contributed by atoms with van der Waals surface area (Å²) in [4.78, 5) is 6.68. The van der Waals surface area contributed by atoms with Gasteiger partial charge in [-0.15, -0.1) is 34.2 Å². The number of halogens is 1. The van der Waals surface area contributed by atoms with Gasteiger partial charge in [-0.1, -0.05) is 18.2 Å². The second kappa shape index (κ2) is 10.3. The van der Waals surface area contributed by atoms with E-state index < -0.39 is 0 Å². The second-order valence-corrected chi connectivity index (χ2v) is 6.05. The van der Waals surface area contributed by atoms with Crippen LogP contribution in [-0.2, 0) is 13.1 Å². The van der Waals surface area contributed by atoms with Crippen molar-refractivity contribution in [3.8, 4) is 5.75 Å². The van der Waals surface area contributed by atoms with Crippen LogP contribution in [0.5, 0.6) is 5.75 Å². The molecule has 1 N–H and O–H groups in total. The third kappa shape index (κ3) is 5.33. The summed E-state index contributed by atoms with van der Waals surface area (Å²) in [5.41, 5.74) is 0. The predicted molar refractivity (Wildman–Crippen MR) is 113 cm³/mol. The maximum atomic E-state index is 6.06. The van der Waals surface area contributed by atoms with Crippen molar-refractivity contribution < 1.29 is 4.74 Å². The van der Waals surface area contributed by atoms with Crippen molar-refractivity contribution in [1.82, 2.24) is 25.0 Å². The molecule has 0 amide bonds. The minimum Gasteiger partial charge on any atom is -0.490 e. The smallest absolute Gasteiger partial charge is 0.194 e. The second-order valence-electron chi connectivity index (χ2n) is 6.05. The molecule has 26 heavy (non-hydrogen) atoms. The number of nitrogens with one attached hydrogen (secondary N) is 1. The van der Waals surface area contributed by atoms with Crippen molar-refractivity contribution in [3.05, 3.63) is 42.5 Å². The molecule has 1 aliphatic heterocycles. The fraction of sp³-hybridized carbons (Fsp3) is 0.500. The molecule has 1 aromatic heterocycles. The largest absolute Gasteiger partial charge is 0.490 e. The van der Waals surface area contributed by atoms with E-state index in [2.05, 4.69) is 32.3 Å². The van der Waals surface area contributed by atoms with Gasteiger partial charge in [0.15, 0.2) is 11.8 Å². The van der Waals surface area contributed by atoms with E-state index in [1.165, 1.54) is 0 Å². The first-order valence-corrected chi connectivity index (χ1v) is 8.84. The van der Waals surface area contributed by atoms with Gasteiger partial charge in [-0.2, -0.15) is 0 Å². The summed E-state index contributed by atoms with van der Waals surface area (Å²) in [5, 5.41) is 11.5. The fourth-order valence-electron chi connectivity index (χ4n) is 3.05. The van der Waals surface area contributed by atoms with Gasteiger partial charge in [0.1, 0.15) is 18.2 Å². The van der Waals surface area contributed by atoms with Gasteiger partial charge in [-0.25, -0.2) is 0 Å². The van der Waals surface area contributed by atoms with E-state index in [1.54, 1.807) is 6.33 Å². The van der Waals surface area contributed by atoms with Crippen LogP contribution >= 0.6 is 24.0 Å². The third-order valence-electron chi connectivity index (χ3n) is 4.44. The number of rotatable bonds is 5. The Kier molecular flexibility index (Phi) is 8.14. The highest BCUT2D eigenvalue weighted by molar-refractivity contribution is 14.0. The molecular weight excluding hydrogens is 443 g/mol. The highest BCUT2D eigenvalue weighted by atomic mass is 127. The molecule has 1 aliphatic rings. The first-order valence-electron chi connectivity index (χ1n) is 8.84. The lowest BCUT2D eigenvalue weighted by Gasteiger charge is -2.34. The number of benzene rings is 1. The van der Waals surface area contributed by atoms with Crippen molar-refractivity contribution in [1.29, 1.82) is 0 Å². The molecular formula is C18H27IN6O. The maximum absolute atomic E-state index is 6.06. The topological polar surface area (TPSA) is 67.6 Å². The first kappa shape index (κ1) is 20.5. The Morgan fingerprint density at radius 2 is 2.00 bits per heavy atom. The SMILES string of the molecule is CCn1cnnc1CNC(=NC)N1CCC(Oc2ccccc2)CC1.I. The molecule has 0 radical (unpaired) electrons. The Morgan fingerprint density at radius 3 is 2.65 bits per heavy atom. The number of para-hydroxylation sites is 1. The monoisotopic (exact) mass is 470 g/mol. The average molecular weight is 470 g/mol. The van der Waals surface area contributed by atoms with E-state index in [-0.39, 0.29) is 30.1 Å². The van der Waals surface area contributed by atoms with Gasteiger partial charge >= 0.3 is 0 Å². The van der Waals surface area contributed by atoms with Crippen LogP contribution in [0.4, 0.5) is 0 Å². The van der Waals surface area contributed by atoms with Crippen LogP contribution in [0.15, 0.2) is 41.7 Å². The van der Waals surface area contributed by atoms with Gasteiger partial charge in [0.05, 0.1) is 6.54 Å². The van der Waals surface area contributed by atoms with E-state index in [9.17, 15) is 0 Å². The summed E-state index contributed by atoms with van der Waals surface area (Å²) in [6.07, 6.45) is 3.99. The number of piperidine rings is 1. The summed E-state index contributed by atoms with van der Waals surface area (Å²) in [6.45, 7) is 5.43. The Labute approximate surface area is 171 Å². The molecule has 0 unspecified atom stereocenters. The highest BCUT2D eigenvalue weighted by Crippen LogP contribution is 2.18. The Bertz CT molecular complexity index is 682. The van der Waals surface area contributed by atoms with Crippen molar-refractivity contribution in [3.63, 3.8) is 0 Å². The van der Waals surface area contributed by atoms with Gasteiger partial charge < -0.3 is 19.5 Å². The number of guanidine groups is 1. The van der Waals surface area contributed by atoms with Gasteiger partial charge in [0, 0.05) is 39.5 Å². The van der Waals surface area contributed by atoms with Crippen molar-refractivity contribution in [2.75, 3.05) is 20.1 Å². The molecule has 0 aliphatic carbocycles. The number of hydrogen-bond donors (Lipinski definition) is 1. The zero-order valence-corrected chi connectivity index (χ0v) is 17.7. The van der Waals surface area contributed by atoms with Crippen LogP contribution in [0, 0.1) is 0 Å². The van der Waals surface area contributed by atoms with Crippen molar-refractivity contribution in [2.45, 2.75) is 39.0 Å².